The summed E-state index contributed by atoms with van der Waals surface area (Å²) in [5.74, 6) is 0.978. The number of carbonyl (C=O) groups excluding carboxylic acids is 2. The van der Waals surface area contributed by atoms with Gasteiger partial charge in [-0.2, -0.15) is 0 Å². The molecular formula is C24H31BrN2O2S. The van der Waals surface area contributed by atoms with Crippen LogP contribution in [0.1, 0.15) is 43.9 Å². The minimum absolute atomic E-state index is 0.0247. The Bertz CT molecular complexity index is 841. The molecule has 2 aromatic rings. The SMILES string of the molecule is CC[C@H](C)NC(=O)[C@@H](C)N(Cc1ccc(Br)cc1)C(=O)CSCc1ccccc1C. The monoisotopic (exact) mass is 490 g/mol. The van der Waals surface area contributed by atoms with Crippen LogP contribution in [0.15, 0.2) is 53.0 Å². The molecule has 0 unspecified atom stereocenters. The zero-order valence-electron chi connectivity index (χ0n) is 18.2. The van der Waals surface area contributed by atoms with Gasteiger partial charge >= 0.3 is 0 Å². The Morgan fingerprint density at radius 2 is 1.77 bits per heavy atom. The summed E-state index contributed by atoms with van der Waals surface area (Å²) in [5.41, 5.74) is 3.46. The number of carbonyl (C=O) groups is 2. The predicted octanol–water partition coefficient (Wildman–Crippen LogP) is 5.32. The first-order valence-corrected chi connectivity index (χ1v) is 12.2. The third-order valence-corrected chi connectivity index (χ3v) is 6.67. The van der Waals surface area contributed by atoms with E-state index in [1.165, 1.54) is 11.1 Å². The van der Waals surface area contributed by atoms with Crippen molar-refractivity contribution in [3.8, 4) is 0 Å². The predicted molar refractivity (Wildman–Crippen MR) is 129 cm³/mol. The molecule has 2 rings (SSSR count). The maximum absolute atomic E-state index is 13.1. The Morgan fingerprint density at radius 3 is 2.40 bits per heavy atom. The van der Waals surface area contributed by atoms with Gasteiger partial charge in [0.05, 0.1) is 5.75 Å². The highest BCUT2D eigenvalue weighted by Crippen LogP contribution is 2.19. The van der Waals surface area contributed by atoms with Gasteiger partial charge in [-0.3, -0.25) is 9.59 Å². The third-order valence-electron chi connectivity index (χ3n) is 5.18. The molecule has 0 heterocycles. The number of hydrogen-bond donors (Lipinski definition) is 1. The first kappa shape index (κ1) is 24.5. The second-order valence-corrected chi connectivity index (χ2v) is 9.46. The molecule has 6 heteroatoms. The number of nitrogens with zero attached hydrogens (tertiary/aromatic N) is 1. The molecule has 1 N–H and O–H groups in total. The molecule has 0 radical (unpaired) electrons. The summed E-state index contributed by atoms with van der Waals surface area (Å²) in [5, 5.41) is 3.00. The number of hydrogen-bond acceptors (Lipinski definition) is 3. The highest BCUT2D eigenvalue weighted by molar-refractivity contribution is 9.10. The quantitative estimate of drug-likeness (QED) is 0.489. The molecule has 0 bridgehead atoms. The lowest BCUT2D eigenvalue weighted by atomic mass is 10.1. The van der Waals surface area contributed by atoms with E-state index in [1.807, 2.05) is 50.2 Å². The number of nitrogens with one attached hydrogen (secondary N) is 1. The van der Waals surface area contributed by atoms with E-state index >= 15 is 0 Å². The maximum Gasteiger partial charge on any atom is 0.242 e. The van der Waals surface area contributed by atoms with Crippen molar-refractivity contribution < 1.29 is 9.59 Å². The first-order valence-electron chi connectivity index (χ1n) is 10.3. The molecule has 30 heavy (non-hydrogen) atoms. The normalized spacial score (nSPS) is 12.8. The van der Waals surface area contributed by atoms with E-state index in [1.54, 1.807) is 23.6 Å². The van der Waals surface area contributed by atoms with Gasteiger partial charge in [-0.25, -0.2) is 0 Å². The fraction of sp³-hybridized carbons (Fsp3) is 0.417. The summed E-state index contributed by atoms with van der Waals surface area (Å²) >= 11 is 5.03. The van der Waals surface area contributed by atoms with E-state index in [9.17, 15) is 9.59 Å². The Kier molecular flexibility index (Phi) is 9.92. The Morgan fingerprint density at radius 1 is 1.10 bits per heavy atom. The van der Waals surface area contributed by atoms with Gasteiger partial charge in [0, 0.05) is 22.8 Å². The van der Waals surface area contributed by atoms with Crippen molar-refractivity contribution in [2.24, 2.45) is 0 Å². The lowest BCUT2D eigenvalue weighted by Gasteiger charge is -2.29. The van der Waals surface area contributed by atoms with Crippen LogP contribution in [-0.4, -0.2) is 34.6 Å². The molecule has 2 aromatic carbocycles. The minimum atomic E-state index is -0.533. The summed E-state index contributed by atoms with van der Waals surface area (Å²) in [6.45, 7) is 8.30. The number of amides is 2. The molecule has 162 valence electrons. The molecule has 2 amide bonds. The van der Waals surface area contributed by atoms with Crippen LogP contribution in [0, 0.1) is 6.92 Å². The molecule has 0 fully saturated rings. The summed E-state index contributed by atoms with van der Waals surface area (Å²) in [6, 6.07) is 15.6. The van der Waals surface area contributed by atoms with E-state index in [4.69, 9.17) is 0 Å². The number of thioether (sulfide) groups is 1. The second-order valence-electron chi connectivity index (χ2n) is 7.56. The average Bonchev–Trinajstić information content (AvgIpc) is 2.73. The fourth-order valence-corrected chi connectivity index (χ4v) is 4.19. The standard InChI is InChI=1S/C24H31BrN2O2S/c1-5-18(3)26-24(29)19(4)27(14-20-10-12-22(25)13-11-20)23(28)16-30-15-21-9-7-6-8-17(21)2/h6-13,18-19H,5,14-16H2,1-4H3,(H,26,29)/t18-,19+/m0/s1. The zero-order chi connectivity index (χ0) is 22.1. The van der Waals surface area contributed by atoms with E-state index in [2.05, 4.69) is 40.3 Å². The van der Waals surface area contributed by atoms with Gasteiger partial charge in [0.2, 0.25) is 11.8 Å². The zero-order valence-corrected chi connectivity index (χ0v) is 20.6. The summed E-state index contributed by atoms with van der Waals surface area (Å²) in [6.07, 6.45) is 0.853. The molecule has 0 aliphatic heterocycles. The topological polar surface area (TPSA) is 49.4 Å². The number of benzene rings is 2. The van der Waals surface area contributed by atoms with Crippen molar-refractivity contribution in [3.63, 3.8) is 0 Å². The van der Waals surface area contributed by atoms with Gasteiger partial charge in [-0.1, -0.05) is 59.3 Å². The van der Waals surface area contributed by atoms with Gasteiger partial charge in [0.1, 0.15) is 6.04 Å². The molecule has 0 saturated carbocycles. The molecule has 0 saturated heterocycles. The van der Waals surface area contributed by atoms with E-state index < -0.39 is 6.04 Å². The summed E-state index contributed by atoms with van der Waals surface area (Å²) < 4.78 is 0.987. The maximum atomic E-state index is 13.1. The van der Waals surface area contributed by atoms with Gasteiger partial charge in [0.25, 0.3) is 0 Å². The summed E-state index contributed by atoms with van der Waals surface area (Å²) in [4.78, 5) is 27.5. The minimum Gasteiger partial charge on any atom is -0.352 e. The van der Waals surface area contributed by atoms with E-state index in [0.29, 0.717) is 12.3 Å². The van der Waals surface area contributed by atoms with Crippen LogP contribution >= 0.6 is 27.7 Å². The largest absolute Gasteiger partial charge is 0.352 e. The van der Waals surface area contributed by atoms with Crippen LogP contribution in [0.4, 0.5) is 0 Å². The molecule has 4 nitrogen and oxygen atoms in total. The molecule has 0 spiro atoms. The fourth-order valence-electron chi connectivity index (χ4n) is 2.94. The van der Waals surface area contributed by atoms with Crippen molar-refractivity contribution >= 4 is 39.5 Å². The van der Waals surface area contributed by atoms with Crippen LogP contribution in [0.5, 0.6) is 0 Å². The van der Waals surface area contributed by atoms with Crippen molar-refractivity contribution in [3.05, 3.63) is 69.7 Å². The van der Waals surface area contributed by atoms with Crippen LogP contribution in [0.25, 0.3) is 0 Å². The summed E-state index contributed by atoms with van der Waals surface area (Å²) in [7, 11) is 0. The van der Waals surface area contributed by atoms with Crippen LogP contribution in [-0.2, 0) is 21.9 Å². The molecular weight excluding hydrogens is 460 g/mol. The Balaban J connectivity index is 2.08. The smallest absolute Gasteiger partial charge is 0.242 e. The van der Waals surface area contributed by atoms with Crippen LogP contribution in [0.3, 0.4) is 0 Å². The Labute approximate surface area is 192 Å². The molecule has 0 aliphatic rings. The van der Waals surface area contributed by atoms with Crippen molar-refractivity contribution in [2.45, 2.75) is 58.5 Å². The molecule has 0 aliphatic carbocycles. The second kappa shape index (κ2) is 12.2. The third kappa shape index (κ3) is 7.47. The van der Waals surface area contributed by atoms with Crippen molar-refractivity contribution in [1.29, 1.82) is 0 Å². The highest BCUT2D eigenvalue weighted by Gasteiger charge is 2.26. The van der Waals surface area contributed by atoms with Gasteiger partial charge in [0.15, 0.2) is 0 Å². The number of rotatable bonds is 10. The van der Waals surface area contributed by atoms with Crippen LogP contribution < -0.4 is 5.32 Å². The molecule has 0 aromatic heterocycles. The average molecular weight is 491 g/mol. The lowest BCUT2D eigenvalue weighted by Crippen LogP contribution is -2.50. The first-order chi connectivity index (χ1) is 14.3. The lowest BCUT2D eigenvalue weighted by molar-refractivity contribution is -0.138. The number of halogens is 1. The van der Waals surface area contributed by atoms with Gasteiger partial charge in [-0.15, -0.1) is 11.8 Å². The molecule has 2 atom stereocenters. The van der Waals surface area contributed by atoms with Gasteiger partial charge < -0.3 is 10.2 Å². The van der Waals surface area contributed by atoms with Crippen molar-refractivity contribution in [2.75, 3.05) is 5.75 Å². The Hall–Kier alpha value is -1.79. The van der Waals surface area contributed by atoms with Gasteiger partial charge in [-0.05, 0) is 56.0 Å². The van der Waals surface area contributed by atoms with Crippen molar-refractivity contribution in [1.82, 2.24) is 10.2 Å². The highest BCUT2D eigenvalue weighted by atomic mass is 79.9. The number of aryl methyl sites for hydroxylation is 1. The van der Waals surface area contributed by atoms with E-state index in [0.717, 1.165) is 22.2 Å². The van der Waals surface area contributed by atoms with Crippen LogP contribution in [0.2, 0.25) is 0 Å². The van der Waals surface area contributed by atoms with E-state index in [-0.39, 0.29) is 17.9 Å².